The van der Waals surface area contributed by atoms with E-state index in [-0.39, 0.29) is 11.4 Å². The number of piperazine rings is 1. The first kappa shape index (κ1) is 18.2. The van der Waals surface area contributed by atoms with Gasteiger partial charge in [-0.1, -0.05) is 23.7 Å². The van der Waals surface area contributed by atoms with Crippen LogP contribution in [0.5, 0.6) is 0 Å². The summed E-state index contributed by atoms with van der Waals surface area (Å²) >= 11 is 5.97. The van der Waals surface area contributed by atoms with Crippen LogP contribution < -0.4 is 10.6 Å². The molecule has 4 rings (SSSR count). The lowest BCUT2D eigenvalue weighted by atomic mass is 10.1. The molecule has 3 heterocycles. The average molecular weight is 374 g/mol. The Morgan fingerprint density at radius 1 is 1.00 bits per heavy atom. The number of anilines is 2. The van der Waals surface area contributed by atoms with Gasteiger partial charge in [-0.25, -0.2) is 9.97 Å². The molecule has 0 amide bonds. The number of nitrogens with zero attached hydrogens (tertiary/aromatic N) is 6. The second-order valence-electron chi connectivity index (χ2n) is 6.13. The highest BCUT2D eigenvalue weighted by Gasteiger charge is 2.20. The molecule has 9 heteroatoms. The van der Waals surface area contributed by atoms with E-state index in [0.29, 0.717) is 16.2 Å². The lowest BCUT2D eigenvalue weighted by molar-refractivity contribution is 0.312. The van der Waals surface area contributed by atoms with Crippen molar-refractivity contribution in [3.05, 3.63) is 35.5 Å². The molecule has 8 nitrogen and oxygen atoms in total. The van der Waals surface area contributed by atoms with Crippen LogP contribution in [0.25, 0.3) is 22.4 Å². The summed E-state index contributed by atoms with van der Waals surface area (Å²) in [5.74, 6) is 0.967. The third-order valence-electron chi connectivity index (χ3n) is 4.35. The molecule has 0 radical (unpaired) electrons. The zero-order valence-electron chi connectivity index (χ0n) is 14.4. The first-order valence-corrected chi connectivity index (χ1v) is 8.47. The fourth-order valence-corrected chi connectivity index (χ4v) is 3.03. The number of fused-ring (bicyclic) bond motifs is 1. The molecule has 26 heavy (non-hydrogen) atoms. The minimum absolute atomic E-state index is 0. The van der Waals surface area contributed by atoms with Crippen LogP contribution in [0, 0.1) is 0 Å². The molecule has 0 atom stereocenters. The highest BCUT2D eigenvalue weighted by Crippen LogP contribution is 2.26. The number of nitrogen functional groups attached to an aromatic ring is 1. The van der Waals surface area contributed by atoms with Crippen LogP contribution in [0.4, 0.5) is 11.8 Å². The monoisotopic (exact) mass is 373 g/mol. The van der Waals surface area contributed by atoms with E-state index < -0.39 is 0 Å². The third-order valence-corrected chi connectivity index (χ3v) is 4.60. The van der Waals surface area contributed by atoms with Crippen LogP contribution in [0.15, 0.2) is 30.5 Å². The summed E-state index contributed by atoms with van der Waals surface area (Å²) in [5, 5.41) is 0.687. The van der Waals surface area contributed by atoms with Crippen molar-refractivity contribution in [3.63, 3.8) is 0 Å². The zero-order valence-corrected chi connectivity index (χ0v) is 15.1. The lowest BCUT2D eigenvalue weighted by Crippen LogP contribution is -2.45. The van der Waals surface area contributed by atoms with Gasteiger partial charge in [0.05, 0.1) is 11.9 Å². The second kappa shape index (κ2) is 7.36. The highest BCUT2D eigenvalue weighted by atomic mass is 35.5. The van der Waals surface area contributed by atoms with Crippen molar-refractivity contribution in [3.8, 4) is 11.3 Å². The summed E-state index contributed by atoms with van der Waals surface area (Å²) in [7, 11) is 2.11. The van der Waals surface area contributed by atoms with E-state index >= 15 is 0 Å². The molecule has 0 spiro atoms. The molecule has 0 saturated carbocycles. The highest BCUT2D eigenvalue weighted by molar-refractivity contribution is 6.30. The smallest absolute Gasteiger partial charge is 0.224 e. The fraction of sp³-hybridized carbons (Fsp3) is 0.294. The van der Waals surface area contributed by atoms with Crippen LogP contribution in [0.1, 0.15) is 0 Å². The van der Waals surface area contributed by atoms with Gasteiger partial charge in [-0.15, -0.1) is 0 Å². The van der Waals surface area contributed by atoms with Crippen molar-refractivity contribution in [2.75, 3.05) is 43.9 Å². The molecule has 0 bridgehead atoms. The number of hydrogen-bond donors (Lipinski definition) is 1. The number of nitrogens with two attached hydrogens (primary N) is 1. The summed E-state index contributed by atoms with van der Waals surface area (Å²) in [6, 6.07) is 7.52. The first-order chi connectivity index (χ1) is 12.1. The summed E-state index contributed by atoms with van der Waals surface area (Å²) in [4.78, 5) is 22.4. The van der Waals surface area contributed by atoms with E-state index in [1.807, 2.05) is 24.3 Å². The van der Waals surface area contributed by atoms with Crippen molar-refractivity contribution < 1.29 is 5.48 Å². The van der Waals surface area contributed by atoms with Crippen LogP contribution in [0.2, 0.25) is 5.02 Å². The molecular formula is C17H20ClN7O. The number of hydrogen-bond acceptors (Lipinski definition) is 7. The van der Waals surface area contributed by atoms with Crippen molar-refractivity contribution in [2.24, 2.45) is 0 Å². The van der Waals surface area contributed by atoms with Gasteiger partial charge in [0, 0.05) is 36.8 Å². The van der Waals surface area contributed by atoms with Gasteiger partial charge in [-0.3, -0.25) is 0 Å². The van der Waals surface area contributed by atoms with Gasteiger partial charge in [0.2, 0.25) is 5.95 Å². The Labute approximate surface area is 156 Å². The molecular weight excluding hydrogens is 354 g/mol. The number of halogens is 1. The number of benzene rings is 1. The van der Waals surface area contributed by atoms with Gasteiger partial charge in [-0.2, -0.15) is 9.97 Å². The first-order valence-electron chi connectivity index (χ1n) is 8.10. The van der Waals surface area contributed by atoms with Crippen LogP contribution >= 0.6 is 11.6 Å². The Bertz CT molecular complexity index is 911. The van der Waals surface area contributed by atoms with Crippen LogP contribution in [-0.4, -0.2) is 63.5 Å². The Morgan fingerprint density at radius 2 is 1.69 bits per heavy atom. The topological polar surface area (TPSA) is 116 Å². The van der Waals surface area contributed by atoms with Crippen molar-refractivity contribution in [1.29, 1.82) is 0 Å². The molecule has 1 aliphatic heterocycles. The maximum atomic E-state index is 5.97. The maximum Gasteiger partial charge on any atom is 0.224 e. The Morgan fingerprint density at radius 3 is 2.38 bits per heavy atom. The maximum absolute atomic E-state index is 5.97. The summed E-state index contributed by atoms with van der Waals surface area (Å²) < 4.78 is 0. The van der Waals surface area contributed by atoms with Gasteiger partial charge in [0.1, 0.15) is 0 Å². The van der Waals surface area contributed by atoms with Gasteiger partial charge in [-0.05, 0) is 19.2 Å². The minimum Gasteiger partial charge on any atom is -0.412 e. The Hall–Kier alpha value is -2.55. The summed E-state index contributed by atoms with van der Waals surface area (Å²) in [6.45, 7) is 3.68. The molecule has 4 N–H and O–H groups in total. The van der Waals surface area contributed by atoms with Crippen molar-refractivity contribution >= 4 is 34.5 Å². The number of likely N-dealkylation sites (N-methyl/N-ethyl adjacent to an activating group) is 1. The fourth-order valence-electron chi connectivity index (χ4n) is 2.91. The molecule has 1 saturated heterocycles. The predicted molar refractivity (Wildman–Crippen MR) is 103 cm³/mol. The number of aromatic nitrogens is 4. The predicted octanol–water partition coefficient (Wildman–Crippen LogP) is 1.25. The standard InChI is InChI=1S/C17H18ClN7.H2O/c1-24-6-8-25(9-7-24)16-14-15(22-17(19)23-16)20-10-13(21-14)11-2-4-12(18)5-3-11;/h2-5,10H,6-9H2,1H3,(H2,19,20,22,23);1H2. The SMILES string of the molecule is CN1CCN(c2nc(N)nc3ncc(-c4ccc(Cl)cc4)nc23)CC1.O. The quantitative estimate of drug-likeness (QED) is 0.718. The van der Waals surface area contributed by atoms with Crippen molar-refractivity contribution in [1.82, 2.24) is 24.8 Å². The third kappa shape index (κ3) is 3.52. The van der Waals surface area contributed by atoms with Gasteiger partial charge < -0.3 is 21.0 Å². The van der Waals surface area contributed by atoms with Crippen LogP contribution in [0.3, 0.4) is 0 Å². The molecule has 1 aliphatic rings. The molecule has 0 aliphatic carbocycles. The minimum atomic E-state index is 0. The lowest BCUT2D eigenvalue weighted by Gasteiger charge is -2.33. The summed E-state index contributed by atoms with van der Waals surface area (Å²) in [6.07, 6.45) is 1.70. The van der Waals surface area contributed by atoms with E-state index in [1.54, 1.807) is 6.20 Å². The normalized spacial score (nSPS) is 15.1. The van der Waals surface area contributed by atoms with Gasteiger partial charge >= 0.3 is 0 Å². The van der Waals surface area contributed by atoms with Crippen LogP contribution in [-0.2, 0) is 0 Å². The van der Waals surface area contributed by atoms with E-state index in [2.05, 4.69) is 31.8 Å². The molecule has 3 aromatic rings. The van der Waals surface area contributed by atoms with Crippen molar-refractivity contribution in [2.45, 2.75) is 0 Å². The van der Waals surface area contributed by atoms with Gasteiger partial charge in [0.15, 0.2) is 17.0 Å². The zero-order chi connectivity index (χ0) is 17.4. The van der Waals surface area contributed by atoms with E-state index in [0.717, 1.165) is 43.3 Å². The van der Waals surface area contributed by atoms with Gasteiger partial charge in [0.25, 0.3) is 0 Å². The average Bonchev–Trinajstić information content (AvgIpc) is 2.62. The molecule has 0 unspecified atom stereocenters. The molecule has 2 aromatic heterocycles. The largest absolute Gasteiger partial charge is 0.412 e. The van der Waals surface area contributed by atoms with E-state index in [9.17, 15) is 0 Å². The molecule has 136 valence electrons. The second-order valence-corrected chi connectivity index (χ2v) is 6.57. The van der Waals surface area contributed by atoms with E-state index in [4.69, 9.17) is 22.3 Å². The Kier molecular flexibility index (Phi) is 5.17. The summed E-state index contributed by atoms with van der Waals surface area (Å²) in [5.41, 5.74) is 8.77. The Balaban J connectivity index is 0.00000196. The molecule has 1 fully saturated rings. The number of rotatable bonds is 2. The molecule has 1 aromatic carbocycles. The van der Waals surface area contributed by atoms with E-state index in [1.165, 1.54) is 0 Å².